The monoisotopic (exact) mass is 393 g/mol. The van der Waals surface area contributed by atoms with Crippen LogP contribution in [0, 0.1) is 6.92 Å². The van der Waals surface area contributed by atoms with E-state index in [2.05, 4.69) is 25.6 Å². The van der Waals surface area contributed by atoms with Crippen LogP contribution in [0.2, 0.25) is 0 Å². The summed E-state index contributed by atoms with van der Waals surface area (Å²) in [4.78, 5) is 25.2. The SMILES string of the molecule is COc1ccc(CNC(=O)c2cc(NCc3ccncc3)nc(C)n2)cc1OC. The average molecular weight is 393 g/mol. The minimum atomic E-state index is -0.280. The molecule has 3 rings (SSSR count). The van der Waals surface area contributed by atoms with Crippen LogP contribution in [-0.4, -0.2) is 35.1 Å². The third kappa shape index (κ3) is 5.41. The van der Waals surface area contributed by atoms with E-state index in [0.29, 0.717) is 41.9 Å². The van der Waals surface area contributed by atoms with Crippen LogP contribution in [0.15, 0.2) is 48.8 Å². The molecule has 0 aliphatic rings. The lowest BCUT2D eigenvalue weighted by molar-refractivity contribution is 0.0945. The normalized spacial score (nSPS) is 10.3. The van der Waals surface area contributed by atoms with Gasteiger partial charge in [-0.25, -0.2) is 9.97 Å². The van der Waals surface area contributed by atoms with Gasteiger partial charge in [-0.1, -0.05) is 6.07 Å². The van der Waals surface area contributed by atoms with Crippen molar-refractivity contribution in [3.63, 3.8) is 0 Å². The molecule has 0 radical (unpaired) electrons. The zero-order chi connectivity index (χ0) is 20.6. The fraction of sp³-hybridized carbons (Fsp3) is 0.238. The minimum Gasteiger partial charge on any atom is -0.493 e. The van der Waals surface area contributed by atoms with Crippen LogP contribution in [-0.2, 0) is 13.1 Å². The van der Waals surface area contributed by atoms with E-state index >= 15 is 0 Å². The molecule has 2 N–H and O–H groups in total. The average Bonchev–Trinajstić information content (AvgIpc) is 2.76. The number of hydrogen-bond donors (Lipinski definition) is 2. The molecule has 0 bridgehead atoms. The second-order valence-corrected chi connectivity index (χ2v) is 6.27. The van der Waals surface area contributed by atoms with E-state index in [0.717, 1.165) is 11.1 Å². The molecule has 0 aliphatic heterocycles. The Kier molecular flexibility index (Phi) is 6.57. The molecule has 1 aromatic carbocycles. The number of carbonyl (C=O) groups excluding carboxylic acids is 1. The van der Waals surface area contributed by atoms with E-state index in [1.807, 2.05) is 24.3 Å². The molecule has 2 aromatic heterocycles. The molecule has 1 amide bonds. The number of nitrogens with zero attached hydrogens (tertiary/aromatic N) is 3. The van der Waals surface area contributed by atoms with Crippen molar-refractivity contribution in [2.45, 2.75) is 20.0 Å². The molecule has 8 nitrogen and oxygen atoms in total. The molecular weight excluding hydrogens is 370 g/mol. The summed E-state index contributed by atoms with van der Waals surface area (Å²) in [6.45, 7) is 2.66. The first-order chi connectivity index (χ1) is 14.1. The summed E-state index contributed by atoms with van der Waals surface area (Å²) in [6.07, 6.45) is 3.46. The standard InChI is InChI=1S/C21H23N5O3/c1-14-25-17(11-20(26-14)23-12-15-6-8-22-9-7-15)21(27)24-13-16-4-5-18(28-2)19(10-16)29-3/h4-11H,12-13H2,1-3H3,(H,24,27)(H,23,25,26). The number of aryl methyl sites for hydroxylation is 1. The predicted octanol–water partition coefficient (Wildman–Crippen LogP) is 2.74. The molecule has 8 heteroatoms. The summed E-state index contributed by atoms with van der Waals surface area (Å²) in [6, 6.07) is 11.0. The van der Waals surface area contributed by atoms with Crippen LogP contribution in [0.25, 0.3) is 0 Å². The van der Waals surface area contributed by atoms with Gasteiger partial charge in [-0.15, -0.1) is 0 Å². The van der Waals surface area contributed by atoms with Gasteiger partial charge in [0.05, 0.1) is 14.2 Å². The number of methoxy groups -OCH3 is 2. The molecule has 0 atom stereocenters. The van der Waals surface area contributed by atoms with Crippen molar-refractivity contribution in [3.8, 4) is 11.5 Å². The number of amides is 1. The Labute approximate surface area is 169 Å². The van der Waals surface area contributed by atoms with E-state index in [1.165, 1.54) is 0 Å². The molecule has 0 unspecified atom stereocenters. The Balaban J connectivity index is 1.65. The van der Waals surface area contributed by atoms with E-state index in [9.17, 15) is 4.79 Å². The van der Waals surface area contributed by atoms with Gasteiger partial charge in [0.25, 0.3) is 5.91 Å². The number of nitrogens with one attached hydrogen (secondary N) is 2. The smallest absolute Gasteiger partial charge is 0.270 e. The molecule has 0 saturated carbocycles. The summed E-state index contributed by atoms with van der Waals surface area (Å²) in [5.74, 6) is 2.07. The van der Waals surface area contributed by atoms with Crippen molar-refractivity contribution >= 4 is 11.7 Å². The van der Waals surface area contributed by atoms with Gasteiger partial charge in [0, 0.05) is 31.5 Å². The Hall–Kier alpha value is -3.68. The van der Waals surface area contributed by atoms with E-state index in [-0.39, 0.29) is 5.91 Å². The molecule has 0 saturated heterocycles. The molecule has 2 heterocycles. The van der Waals surface area contributed by atoms with Crippen molar-refractivity contribution in [1.29, 1.82) is 0 Å². The molecule has 0 aliphatic carbocycles. The summed E-state index contributed by atoms with van der Waals surface area (Å²) >= 11 is 0. The first kappa shape index (κ1) is 20.1. The molecule has 0 spiro atoms. The van der Waals surface area contributed by atoms with Gasteiger partial charge >= 0.3 is 0 Å². The summed E-state index contributed by atoms with van der Waals surface area (Å²) in [7, 11) is 3.15. The minimum absolute atomic E-state index is 0.280. The molecule has 0 fully saturated rings. The van der Waals surface area contributed by atoms with E-state index < -0.39 is 0 Å². The lowest BCUT2D eigenvalue weighted by Gasteiger charge is -2.11. The van der Waals surface area contributed by atoms with Gasteiger partial charge in [-0.05, 0) is 42.3 Å². The number of aromatic nitrogens is 3. The Morgan fingerprint density at radius 3 is 2.41 bits per heavy atom. The first-order valence-corrected chi connectivity index (χ1v) is 9.06. The summed E-state index contributed by atoms with van der Waals surface area (Å²) in [5.41, 5.74) is 2.25. The van der Waals surface area contributed by atoms with Crippen LogP contribution in [0.5, 0.6) is 11.5 Å². The first-order valence-electron chi connectivity index (χ1n) is 9.06. The number of pyridine rings is 1. The number of rotatable bonds is 8. The zero-order valence-corrected chi connectivity index (χ0v) is 16.6. The van der Waals surface area contributed by atoms with Crippen molar-refractivity contribution in [2.75, 3.05) is 19.5 Å². The summed E-state index contributed by atoms with van der Waals surface area (Å²) < 4.78 is 10.5. The second-order valence-electron chi connectivity index (χ2n) is 6.27. The number of hydrogen-bond acceptors (Lipinski definition) is 7. The van der Waals surface area contributed by atoms with Crippen molar-refractivity contribution in [3.05, 3.63) is 71.4 Å². The van der Waals surface area contributed by atoms with Crippen molar-refractivity contribution in [1.82, 2.24) is 20.3 Å². The van der Waals surface area contributed by atoms with Crippen LogP contribution in [0.1, 0.15) is 27.4 Å². The lowest BCUT2D eigenvalue weighted by atomic mass is 10.2. The zero-order valence-electron chi connectivity index (χ0n) is 16.6. The molecule has 29 heavy (non-hydrogen) atoms. The van der Waals surface area contributed by atoms with Gasteiger partial charge in [-0.3, -0.25) is 9.78 Å². The predicted molar refractivity (Wildman–Crippen MR) is 109 cm³/mol. The lowest BCUT2D eigenvalue weighted by Crippen LogP contribution is -2.24. The molecular formula is C21H23N5O3. The number of carbonyl (C=O) groups is 1. The maximum atomic E-state index is 12.6. The number of anilines is 1. The van der Waals surface area contributed by atoms with Crippen molar-refractivity contribution in [2.24, 2.45) is 0 Å². The topological polar surface area (TPSA) is 98.3 Å². The van der Waals surface area contributed by atoms with Crippen LogP contribution < -0.4 is 20.1 Å². The Morgan fingerprint density at radius 2 is 1.69 bits per heavy atom. The van der Waals surface area contributed by atoms with Crippen LogP contribution >= 0.6 is 0 Å². The highest BCUT2D eigenvalue weighted by molar-refractivity contribution is 5.92. The largest absolute Gasteiger partial charge is 0.493 e. The maximum absolute atomic E-state index is 12.6. The van der Waals surface area contributed by atoms with Gasteiger partial charge in [0.15, 0.2) is 11.5 Å². The highest BCUT2D eigenvalue weighted by atomic mass is 16.5. The van der Waals surface area contributed by atoms with E-state index in [4.69, 9.17) is 9.47 Å². The van der Waals surface area contributed by atoms with Gasteiger partial charge in [0.1, 0.15) is 17.3 Å². The molecule has 3 aromatic rings. The summed E-state index contributed by atoms with van der Waals surface area (Å²) in [5, 5.41) is 6.08. The highest BCUT2D eigenvalue weighted by Crippen LogP contribution is 2.27. The van der Waals surface area contributed by atoms with Crippen molar-refractivity contribution < 1.29 is 14.3 Å². The van der Waals surface area contributed by atoms with E-state index in [1.54, 1.807) is 45.7 Å². The Bertz CT molecular complexity index is 979. The van der Waals surface area contributed by atoms with Gasteiger partial charge < -0.3 is 20.1 Å². The quantitative estimate of drug-likeness (QED) is 0.607. The van der Waals surface area contributed by atoms with Gasteiger partial charge in [-0.2, -0.15) is 0 Å². The van der Waals surface area contributed by atoms with Crippen LogP contribution in [0.4, 0.5) is 5.82 Å². The second kappa shape index (κ2) is 9.50. The number of ether oxygens (including phenoxy) is 2. The third-order valence-electron chi connectivity index (χ3n) is 4.19. The maximum Gasteiger partial charge on any atom is 0.270 e. The fourth-order valence-corrected chi connectivity index (χ4v) is 2.73. The van der Waals surface area contributed by atoms with Gasteiger partial charge in [0.2, 0.25) is 0 Å². The number of benzene rings is 1. The third-order valence-corrected chi connectivity index (χ3v) is 4.19. The fourth-order valence-electron chi connectivity index (χ4n) is 2.73. The Morgan fingerprint density at radius 1 is 0.931 bits per heavy atom. The van der Waals surface area contributed by atoms with Crippen LogP contribution in [0.3, 0.4) is 0 Å². The molecule has 150 valence electrons. The highest BCUT2D eigenvalue weighted by Gasteiger charge is 2.11.